The molecule has 0 unspecified atom stereocenters. The Hall–Kier alpha value is -1.89. The summed E-state index contributed by atoms with van der Waals surface area (Å²) in [4.78, 5) is 29.1. The van der Waals surface area contributed by atoms with Crippen molar-refractivity contribution in [1.82, 2.24) is 10.2 Å². The lowest BCUT2D eigenvalue weighted by Crippen LogP contribution is -2.50. The normalized spacial score (nSPS) is 20.3. The molecule has 1 aromatic carbocycles. The van der Waals surface area contributed by atoms with E-state index in [0.717, 1.165) is 10.0 Å². The Labute approximate surface area is 130 Å². The largest absolute Gasteiger partial charge is 0.465 e. The Bertz CT molecular complexity index is 619. The topological polar surface area (TPSA) is 82.0 Å². The summed E-state index contributed by atoms with van der Waals surface area (Å²) >= 11 is 3.37. The molecule has 6 nitrogen and oxygen atoms in total. The number of nitrogens with one attached hydrogen (secondary N) is 1. The summed E-state index contributed by atoms with van der Waals surface area (Å²) in [5.41, 5.74) is 0.0399. The SMILES string of the molecule is O=C(O)N1CCC2(CC1)N=C(c1ccc(Br)cc1)NC2=O. The molecule has 3 rings (SSSR count). The van der Waals surface area contributed by atoms with Gasteiger partial charge in [0, 0.05) is 23.1 Å². The standard InChI is InChI=1S/C14H14BrN3O3/c15-10-3-1-9(2-4-10)11-16-12(19)14(17-11)5-7-18(8-6-14)13(20)21/h1-4H,5-8H2,(H,20,21)(H,16,17,19). The third-order valence-electron chi connectivity index (χ3n) is 3.96. The molecule has 2 heterocycles. The third-order valence-corrected chi connectivity index (χ3v) is 4.49. The Morgan fingerprint density at radius 2 is 1.90 bits per heavy atom. The van der Waals surface area contributed by atoms with Crippen LogP contribution < -0.4 is 5.32 Å². The Kier molecular flexibility index (Phi) is 3.44. The average molecular weight is 352 g/mol. The van der Waals surface area contributed by atoms with Gasteiger partial charge in [-0.05, 0) is 25.0 Å². The van der Waals surface area contributed by atoms with Crippen molar-refractivity contribution in [2.45, 2.75) is 18.4 Å². The van der Waals surface area contributed by atoms with Gasteiger partial charge in [-0.15, -0.1) is 0 Å². The van der Waals surface area contributed by atoms with Gasteiger partial charge >= 0.3 is 6.09 Å². The number of hydrogen-bond donors (Lipinski definition) is 2. The molecule has 7 heteroatoms. The van der Waals surface area contributed by atoms with E-state index >= 15 is 0 Å². The minimum atomic E-state index is -0.944. The highest BCUT2D eigenvalue weighted by molar-refractivity contribution is 9.10. The smallest absolute Gasteiger partial charge is 0.407 e. The van der Waals surface area contributed by atoms with Crippen molar-refractivity contribution >= 4 is 33.8 Å². The van der Waals surface area contributed by atoms with Crippen molar-refractivity contribution in [3.8, 4) is 0 Å². The molecule has 0 saturated carbocycles. The summed E-state index contributed by atoms with van der Waals surface area (Å²) in [6, 6.07) is 7.55. The van der Waals surface area contributed by atoms with Gasteiger partial charge in [-0.1, -0.05) is 28.1 Å². The number of amides is 2. The molecule has 21 heavy (non-hydrogen) atoms. The second-order valence-electron chi connectivity index (χ2n) is 5.22. The zero-order valence-corrected chi connectivity index (χ0v) is 12.8. The van der Waals surface area contributed by atoms with E-state index < -0.39 is 11.6 Å². The van der Waals surface area contributed by atoms with E-state index in [1.807, 2.05) is 24.3 Å². The van der Waals surface area contributed by atoms with E-state index in [9.17, 15) is 9.59 Å². The number of carbonyl (C=O) groups excluding carboxylic acids is 1. The number of rotatable bonds is 1. The van der Waals surface area contributed by atoms with Crippen LogP contribution in [0.2, 0.25) is 0 Å². The number of halogens is 1. The van der Waals surface area contributed by atoms with Gasteiger partial charge in [0.1, 0.15) is 11.4 Å². The molecule has 1 aromatic rings. The molecule has 2 N–H and O–H groups in total. The van der Waals surface area contributed by atoms with Gasteiger partial charge in [-0.3, -0.25) is 9.79 Å². The summed E-state index contributed by atoms with van der Waals surface area (Å²) in [6.45, 7) is 0.666. The van der Waals surface area contributed by atoms with Crippen LogP contribution in [0.25, 0.3) is 0 Å². The quantitative estimate of drug-likeness (QED) is 0.809. The molecule has 1 fully saturated rings. The molecule has 2 amide bonds. The highest BCUT2D eigenvalue weighted by Gasteiger charge is 2.46. The lowest BCUT2D eigenvalue weighted by atomic mass is 9.88. The van der Waals surface area contributed by atoms with E-state index in [-0.39, 0.29) is 5.91 Å². The molecular formula is C14H14BrN3O3. The molecule has 1 spiro atoms. The van der Waals surface area contributed by atoms with Crippen molar-refractivity contribution in [2.75, 3.05) is 13.1 Å². The molecule has 2 aliphatic heterocycles. The molecule has 1 saturated heterocycles. The van der Waals surface area contributed by atoms with Crippen LogP contribution in [0.5, 0.6) is 0 Å². The highest BCUT2D eigenvalue weighted by Crippen LogP contribution is 2.31. The van der Waals surface area contributed by atoms with Crippen LogP contribution in [0, 0.1) is 0 Å². The fourth-order valence-corrected chi connectivity index (χ4v) is 2.93. The predicted molar refractivity (Wildman–Crippen MR) is 80.4 cm³/mol. The van der Waals surface area contributed by atoms with Gasteiger partial charge in [0.15, 0.2) is 0 Å². The van der Waals surface area contributed by atoms with E-state index in [1.165, 1.54) is 4.90 Å². The second-order valence-corrected chi connectivity index (χ2v) is 6.14. The van der Waals surface area contributed by atoms with Crippen molar-refractivity contribution in [2.24, 2.45) is 4.99 Å². The first-order chi connectivity index (χ1) is 10.00. The highest BCUT2D eigenvalue weighted by atomic mass is 79.9. The average Bonchev–Trinajstić information content (AvgIpc) is 2.77. The zero-order valence-electron chi connectivity index (χ0n) is 11.2. The molecular weight excluding hydrogens is 338 g/mol. The summed E-state index contributed by atoms with van der Waals surface area (Å²) in [5, 5.41) is 11.8. The Morgan fingerprint density at radius 3 is 2.48 bits per heavy atom. The third kappa shape index (κ3) is 2.53. The summed E-state index contributed by atoms with van der Waals surface area (Å²) in [7, 11) is 0. The number of nitrogens with zero attached hydrogens (tertiary/aromatic N) is 2. The predicted octanol–water partition coefficient (Wildman–Crippen LogP) is 1.84. The molecule has 110 valence electrons. The number of aliphatic imine (C=N–C) groups is 1. The van der Waals surface area contributed by atoms with E-state index in [2.05, 4.69) is 26.2 Å². The molecule has 0 bridgehead atoms. The first-order valence-electron chi connectivity index (χ1n) is 6.65. The molecule has 0 aromatic heterocycles. The molecule has 0 aliphatic carbocycles. The van der Waals surface area contributed by atoms with Crippen molar-refractivity contribution < 1.29 is 14.7 Å². The lowest BCUT2D eigenvalue weighted by molar-refractivity contribution is -0.125. The number of benzene rings is 1. The minimum Gasteiger partial charge on any atom is -0.465 e. The Balaban J connectivity index is 1.83. The second kappa shape index (κ2) is 5.14. The van der Waals surface area contributed by atoms with Crippen LogP contribution in [0.4, 0.5) is 4.79 Å². The van der Waals surface area contributed by atoms with Crippen molar-refractivity contribution in [3.63, 3.8) is 0 Å². The van der Waals surface area contributed by atoms with Gasteiger partial charge in [0.25, 0.3) is 5.91 Å². The molecule has 0 radical (unpaired) electrons. The number of amidine groups is 1. The fourth-order valence-electron chi connectivity index (χ4n) is 2.67. The van der Waals surface area contributed by atoms with Crippen LogP contribution in [-0.4, -0.2) is 46.5 Å². The van der Waals surface area contributed by atoms with Gasteiger partial charge < -0.3 is 15.3 Å². The number of carbonyl (C=O) groups is 2. The number of carboxylic acid groups (broad SMARTS) is 1. The van der Waals surface area contributed by atoms with E-state index in [0.29, 0.717) is 31.8 Å². The molecule has 0 atom stereocenters. The van der Waals surface area contributed by atoms with E-state index in [4.69, 9.17) is 5.11 Å². The van der Waals surface area contributed by atoms with Gasteiger partial charge in [0.2, 0.25) is 0 Å². The summed E-state index contributed by atoms with van der Waals surface area (Å²) < 4.78 is 0.959. The van der Waals surface area contributed by atoms with Gasteiger partial charge in [0.05, 0.1) is 0 Å². The number of piperidine rings is 1. The maximum Gasteiger partial charge on any atom is 0.407 e. The molecule has 2 aliphatic rings. The van der Waals surface area contributed by atoms with Crippen LogP contribution in [-0.2, 0) is 4.79 Å². The zero-order chi connectivity index (χ0) is 15.0. The van der Waals surface area contributed by atoms with Crippen LogP contribution in [0.1, 0.15) is 18.4 Å². The van der Waals surface area contributed by atoms with Gasteiger partial charge in [-0.2, -0.15) is 0 Å². The maximum absolute atomic E-state index is 12.3. The number of likely N-dealkylation sites (tertiary alicyclic amines) is 1. The van der Waals surface area contributed by atoms with Crippen LogP contribution in [0.3, 0.4) is 0 Å². The fraction of sp³-hybridized carbons (Fsp3) is 0.357. The summed E-state index contributed by atoms with van der Waals surface area (Å²) in [5.74, 6) is 0.432. The summed E-state index contributed by atoms with van der Waals surface area (Å²) in [6.07, 6.45) is -0.101. The first kappa shape index (κ1) is 14.1. The van der Waals surface area contributed by atoms with E-state index in [1.54, 1.807) is 0 Å². The van der Waals surface area contributed by atoms with Crippen LogP contribution >= 0.6 is 15.9 Å². The first-order valence-corrected chi connectivity index (χ1v) is 7.45. The van der Waals surface area contributed by atoms with Crippen molar-refractivity contribution in [1.29, 1.82) is 0 Å². The van der Waals surface area contributed by atoms with Gasteiger partial charge in [-0.25, -0.2) is 4.79 Å². The number of hydrogen-bond acceptors (Lipinski definition) is 3. The monoisotopic (exact) mass is 351 g/mol. The lowest BCUT2D eigenvalue weighted by Gasteiger charge is -2.33. The minimum absolute atomic E-state index is 0.134. The van der Waals surface area contributed by atoms with Crippen LogP contribution in [0.15, 0.2) is 33.7 Å². The van der Waals surface area contributed by atoms with Crippen molar-refractivity contribution in [3.05, 3.63) is 34.3 Å². The maximum atomic E-state index is 12.3. The Morgan fingerprint density at radius 1 is 1.29 bits per heavy atom.